The lowest BCUT2D eigenvalue weighted by Gasteiger charge is -2.25. The number of fused-ring (bicyclic) bond motifs is 1. The second kappa shape index (κ2) is 4.42. The molecule has 0 bridgehead atoms. The molecule has 0 radical (unpaired) electrons. The van der Waals surface area contributed by atoms with Crippen molar-refractivity contribution in [3.05, 3.63) is 41.9 Å². The molecule has 5 heteroatoms. The molecule has 100 valence electrons. The predicted octanol–water partition coefficient (Wildman–Crippen LogP) is 2.66. The van der Waals surface area contributed by atoms with E-state index in [1.165, 1.54) is 12.1 Å². The van der Waals surface area contributed by atoms with Gasteiger partial charge >= 0.3 is 0 Å². The number of benzene rings is 1. The molecule has 2 N–H and O–H groups in total. The molecule has 0 aliphatic carbocycles. The minimum atomic E-state index is -0.590. The molecule has 3 rings (SSSR count). The number of hydrogen-bond donors (Lipinski definition) is 1. The summed E-state index contributed by atoms with van der Waals surface area (Å²) in [6.45, 7) is 2.75. The Bertz CT molecular complexity index is 621. The van der Waals surface area contributed by atoms with Gasteiger partial charge in [0.2, 0.25) is 0 Å². The number of halogens is 2. The van der Waals surface area contributed by atoms with Crippen LogP contribution in [0.4, 0.5) is 8.78 Å². The first-order valence-corrected chi connectivity index (χ1v) is 6.32. The zero-order chi connectivity index (χ0) is 13.6. The van der Waals surface area contributed by atoms with Gasteiger partial charge in [0, 0.05) is 36.3 Å². The zero-order valence-corrected chi connectivity index (χ0v) is 10.6. The molecule has 0 saturated heterocycles. The Morgan fingerprint density at radius 1 is 1.37 bits per heavy atom. The molecule has 19 heavy (non-hydrogen) atoms. The van der Waals surface area contributed by atoms with Crippen LogP contribution < -0.4 is 5.73 Å². The van der Waals surface area contributed by atoms with Gasteiger partial charge in [-0.05, 0) is 18.6 Å². The molecule has 2 heterocycles. The van der Waals surface area contributed by atoms with Crippen molar-refractivity contribution in [1.29, 1.82) is 0 Å². The van der Waals surface area contributed by atoms with E-state index >= 15 is 0 Å². The number of imidazole rings is 1. The molecular weight excluding hydrogens is 248 g/mol. The normalized spacial score (nSPS) is 22.3. The summed E-state index contributed by atoms with van der Waals surface area (Å²) in [5, 5.41) is 0. The fraction of sp³-hybridized carbons (Fsp3) is 0.357. The van der Waals surface area contributed by atoms with Crippen molar-refractivity contribution in [2.75, 3.05) is 0 Å². The average molecular weight is 263 g/mol. The molecule has 1 aromatic carbocycles. The molecule has 0 spiro atoms. The van der Waals surface area contributed by atoms with E-state index in [4.69, 9.17) is 5.73 Å². The molecule has 2 unspecified atom stereocenters. The van der Waals surface area contributed by atoms with E-state index in [1.54, 1.807) is 6.20 Å². The van der Waals surface area contributed by atoms with E-state index in [0.29, 0.717) is 17.8 Å². The molecule has 1 aromatic heterocycles. The second-order valence-corrected chi connectivity index (χ2v) is 5.16. The smallest absolute Gasteiger partial charge is 0.135 e. The Morgan fingerprint density at radius 2 is 2.16 bits per heavy atom. The van der Waals surface area contributed by atoms with Crippen LogP contribution in [0.3, 0.4) is 0 Å². The summed E-state index contributed by atoms with van der Waals surface area (Å²) < 4.78 is 28.7. The Labute approximate surface area is 110 Å². The largest absolute Gasteiger partial charge is 0.332 e. The highest BCUT2D eigenvalue weighted by molar-refractivity contribution is 5.59. The molecule has 2 atom stereocenters. The topological polar surface area (TPSA) is 43.8 Å². The van der Waals surface area contributed by atoms with Crippen molar-refractivity contribution in [3.8, 4) is 11.3 Å². The highest BCUT2D eigenvalue weighted by Crippen LogP contribution is 2.30. The standard InChI is InChI=1S/C14H15F2N3/c1-8-4-10(17)6-19-7-13(18-14(8)19)11-3-2-9(15)5-12(11)16/h2-3,5,7-8,10H,4,6,17H2,1H3. The minimum Gasteiger partial charge on any atom is -0.332 e. The quantitative estimate of drug-likeness (QED) is 0.859. The molecular formula is C14H15F2N3. The Morgan fingerprint density at radius 3 is 2.89 bits per heavy atom. The van der Waals surface area contributed by atoms with E-state index in [0.717, 1.165) is 18.3 Å². The molecule has 1 aliphatic rings. The number of aromatic nitrogens is 2. The third kappa shape index (κ3) is 2.14. The van der Waals surface area contributed by atoms with Crippen molar-refractivity contribution in [3.63, 3.8) is 0 Å². The summed E-state index contributed by atoms with van der Waals surface area (Å²) in [6.07, 6.45) is 2.67. The summed E-state index contributed by atoms with van der Waals surface area (Å²) in [7, 11) is 0. The van der Waals surface area contributed by atoms with Gasteiger partial charge in [-0.15, -0.1) is 0 Å². The van der Waals surface area contributed by atoms with Crippen LogP contribution in [-0.4, -0.2) is 15.6 Å². The SMILES string of the molecule is CC1CC(N)Cn2cc(-c3ccc(F)cc3F)nc21. The van der Waals surface area contributed by atoms with Crippen molar-refractivity contribution in [2.45, 2.75) is 31.8 Å². The first-order valence-electron chi connectivity index (χ1n) is 6.32. The predicted molar refractivity (Wildman–Crippen MR) is 68.6 cm³/mol. The van der Waals surface area contributed by atoms with Gasteiger partial charge in [-0.1, -0.05) is 6.92 Å². The first kappa shape index (κ1) is 12.3. The lowest BCUT2D eigenvalue weighted by Crippen LogP contribution is -2.33. The van der Waals surface area contributed by atoms with Gasteiger partial charge in [0.1, 0.15) is 17.5 Å². The van der Waals surface area contributed by atoms with Gasteiger partial charge < -0.3 is 10.3 Å². The van der Waals surface area contributed by atoms with Crippen molar-refractivity contribution in [2.24, 2.45) is 5.73 Å². The van der Waals surface area contributed by atoms with E-state index in [1.807, 2.05) is 4.57 Å². The van der Waals surface area contributed by atoms with E-state index in [2.05, 4.69) is 11.9 Å². The second-order valence-electron chi connectivity index (χ2n) is 5.16. The van der Waals surface area contributed by atoms with Crippen LogP contribution in [0.25, 0.3) is 11.3 Å². The van der Waals surface area contributed by atoms with E-state index < -0.39 is 11.6 Å². The Hall–Kier alpha value is -1.75. The molecule has 0 fully saturated rings. The highest BCUT2D eigenvalue weighted by atomic mass is 19.1. The van der Waals surface area contributed by atoms with Crippen LogP contribution in [0.2, 0.25) is 0 Å². The van der Waals surface area contributed by atoms with Crippen LogP contribution in [0, 0.1) is 11.6 Å². The summed E-state index contributed by atoms with van der Waals surface area (Å²) in [5.41, 5.74) is 6.82. The van der Waals surface area contributed by atoms with Gasteiger partial charge in [-0.3, -0.25) is 0 Å². The highest BCUT2D eigenvalue weighted by Gasteiger charge is 2.24. The Balaban J connectivity index is 2.05. The van der Waals surface area contributed by atoms with Gasteiger partial charge in [0.05, 0.1) is 5.69 Å². The molecule has 0 saturated carbocycles. The maximum atomic E-state index is 13.8. The monoisotopic (exact) mass is 263 g/mol. The number of hydrogen-bond acceptors (Lipinski definition) is 2. The lowest BCUT2D eigenvalue weighted by molar-refractivity contribution is 0.407. The molecule has 1 aliphatic heterocycles. The van der Waals surface area contributed by atoms with Crippen molar-refractivity contribution in [1.82, 2.24) is 9.55 Å². The fourth-order valence-corrected chi connectivity index (χ4v) is 2.68. The van der Waals surface area contributed by atoms with Crippen molar-refractivity contribution < 1.29 is 8.78 Å². The van der Waals surface area contributed by atoms with Crippen LogP contribution in [-0.2, 0) is 6.54 Å². The summed E-state index contributed by atoms with van der Waals surface area (Å²) in [5.74, 6) is -0.00514. The number of nitrogens with zero attached hydrogens (tertiary/aromatic N) is 2. The number of nitrogens with two attached hydrogens (primary N) is 1. The first-order chi connectivity index (χ1) is 9.04. The summed E-state index contributed by atoms with van der Waals surface area (Å²) >= 11 is 0. The van der Waals surface area contributed by atoms with Crippen LogP contribution in [0.1, 0.15) is 25.1 Å². The third-order valence-corrected chi connectivity index (χ3v) is 3.54. The van der Waals surface area contributed by atoms with Gasteiger partial charge in [-0.2, -0.15) is 0 Å². The minimum absolute atomic E-state index is 0.0996. The van der Waals surface area contributed by atoms with E-state index in [9.17, 15) is 8.78 Å². The number of rotatable bonds is 1. The van der Waals surface area contributed by atoms with Crippen molar-refractivity contribution >= 4 is 0 Å². The third-order valence-electron chi connectivity index (χ3n) is 3.54. The van der Waals surface area contributed by atoms with Gasteiger partial charge in [-0.25, -0.2) is 13.8 Å². The zero-order valence-electron chi connectivity index (χ0n) is 10.6. The van der Waals surface area contributed by atoms with Crippen LogP contribution in [0.15, 0.2) is 24.4 Å². The average Bonchev–Trinajstić information content (AvgIpc) is 2.72. The van der Waals surface area contributed by atoms with Crippen LogP contribution >= 0.6 is 0 Å². The van der Waals surface area contributed by atoms with Gasteiger partial charge in [0.15, 0.2) is 0 Å². The Kier molecular flexibility index (Phi) is 2.86. The lowest BCUT2D eigenvalue weighted by atomic mass is 9.98. The fourth-order valence-electron chi connectivity index (χ4n) is 2.68. The molecule has 3 nitrogen and oxygen atoms in total. The molecule has 2 aromatic rings. The van der Waals surface area contributed by atoms with E-state index in [-0.39, 0.29) is 12.0 Å². The van der Waals surface area contributed by atoms with Gasteiger partial charge in [0.25, 0.3) is 0 Å². The van der Waals surface area contributed by atoms with Crippen LogP contribution in [0.5, 0.6) is 0 Å². The summed E-state index contributed by atoms with van der Waals surface area (Å²) in [6, 6.07) is 3.64. The summed E-state index contributed by atoms with van der Waals surface area (Å²) in [4.78, 5) is 4.47. The molecule has 0 amide bonds. The maximum Gasteiger partial charge on any atom is 0.135 e. The maximum absolute atomic E-state index is 13.8.